The van der Waals surface area contributed by atoms with Crippen molar-refractivity contribution < 1.29 is 31.6 Å². The van der Waals surface area contributed by atoms with Crippen molar-refractivity contribution in [2.75, 3.05) is 0 Å². The molecule has 1 aromatic rings. The molecule has 0 unspecified atom stereocenters. The van der Waals surface area contributed by atoms with E-state index in [1.54, 1.807) is 0 Å². The number of pyridine rings is 1. The zero-order valence-electron chi connectivity index (χ0n) is 8.66. The molecule has 0 aliphatic heterocycles. The summed E-state index contributed by atoms with van der Waals surface area (Å²) in [5, 5.41) is 10.4. The summed E-state index contributed by atoms with van der Waals surface area (Å²) in [6.07, 6.45) is -8.05. The van der Waals surface area contributed by atoms with Gasteiger partial charge in [-0.25, -0.2) is 8.78 Å². The van der Waals surface area contributed by atoms with Crippen LogP contribution < -0.4 is 4.74 Å². The van der Waals surface area contributed by atoms with Gasteiger partial charge in [-0.1, -0.05) is 0 Å². The topological polar surface area (TPSA) is 65.3 Å². The van der Waals surface area contributed by atoms with E-state index in [-0.39, 0.29) is 0 Å². The fourth-order valence-electron chi connectivity index (χ4n) is 1.22. The summed E-state index contributed by atoms with van der Waals surface area (Å²) in [5.74, 6) is -2.19. The van der Waals surface area contributed by atoms with Crippen LogP contribution in [0.15, 0.2) is 6.20 Å². The second kappa shape index (κ2) is 4.70. The van der Waals surface area contributed by atoms with Crippen molar-refractivity contribution >= 4 is 5.82 Å². The number of aromatic nitrogens is 1. The third-order valence-electron chi connectivity index (χ3n) is 1.94. The Labute approximate surface area is 96.3 Å². The molecule has 0 bridgehead atoms. The summed E-state index contributed by atoms with van der Waals surface area (Å²) in [5.41, 5.74) is -1.87. The van der Waals surface area contributed by atoms with Crippen LogP contribution in [-0.2, 0) is 0 Å². The highest BCUT2D eigenvalue weighted by Crippen LogP contribution is 2.36. The molecule has 0 spiro atoms. The van der Waals surface area contributed by atoms with Crippen LogP contribution in [0.1, 0.15) is 17.6 Å². The first-order chi connectivity index (χ1) is 8.13. The molecule has 10 heteroatoms. The van der Waals surface area contributed by atoms with E-state index < -0.39 is 40.4 Å². The maximum atomic E-state index is 12.6. The molecule has 0 saturated heterocycles. The molecule has 18 heavy (non-hydrogen) atoms. The fraction of sp³-hybridized carbons (Fsp3) is 0.375. The lowest BCUT2D eigenvalue weighted by molar-refractivity contribution is -0.391. The minimum Gasteiger partial charge on any atom is -0.401 e. The molecular formula is C8H5F5N2O3. The Kier molecular flexibility index (Phi) is 3.67. The van der Waals surface area contributed by atoms with Gasteiger partial charge < -0.3 is 14.9 Å². The highest BCUT2D eigenvalue weighted by molar-refractivity contribution is 5.47. The molecule has 5 nitrogen and oxygen atoms in total. The monoisotopic (exact) mass is 272 g/mol. The van der Waals surface area contributed by atoms with Gasteiger partial charge in [0.25, 0.3) is 6.43 Å². The van der Waals surface area contributed by atoms with Crippen LogP contribution in [0.4, 0.5) is 27.8 Å². The van der Waals surface area contributed by atoms with E-state index in [4.69, 9.17) is 0 Å². The zero-order valence-corrected chi connectivity index (χ0v) is 8.66. The third kappa shape index (κ3) is 3.02. The van der Waals surface area contributed by atoms with Gasteiger partial charge in [0.1, 0.15) is 5.56 Å². The van der Waals surface area contributed by atoms with Crippen LogP contribution in [0.5, 0.6) is 5.75 Å². The highest BCUT2D eigenvalue weighted by Gasteiger charge is 2.35. The van der Waals surface area contributed by atoms with Gasteiger partial charge in [-0.2, -0.15) is 0 Å². The SMILES string of the molecule is Cc1c(OC(F)(F)F)cnc([N+](=O)[O-])c1C(F)F. The van der Waals surface area contributed by atoms with Crippen LogP contribution in [0.2, 0.25) is 0 Å². The van der Waals surface area contributed by atoms with Crippen molar-refractivity contribution in [1.82, 2.24) is 4.98 Å². The number of ether oxygens (including phenoxy) is 1. The number of nitro groups is 1. The minimum atomic E-state index is -5.10. The summed E-state index contributed by atoms with van der Waals surface area (Å²) >= 11 is 0. The number of nitrogens with zero attached hydrogens (tertiary/aromatic N) is 2. The van der Waals surface area contributed by atoms with E-state index in [1.165, 1.54) is 0 Å². The van der Waals surface area contributed by atoms with Gasteiger partial charge >= 0.3 is 12.2 Å². The van der Waals surface area contributed by atoms with E-state index in [1.807, 2.05) is 0 Å². The van der Waals surface area contributed by atoms with Gasteiger partial charge in [0.05, 0.1) is 0 Å². The average molecular weight is 272 g/mol. The fourth-order valence-corrected chi connectivity index (χ4v) is 1.22. The predicted molar refractivity (Wildman–Crippen MR) is 47.3 cm³/mol. The van der Waals surface area contributed by atoms with Crippen molar-refractivity contribution in [3.8, 4) is 5.75 Å². The number of halogens is 5. The van der Waals surface area contributed by atoms with E-state index in [0.29, 0.717) is 6.20 Å². The van der Waals surface area contributed by atoms with Crippen LogP contribution in [-0.4, -0.2) is 16.3 Å². The average Bonchev–Trinajstić information content (AvgIpc) is 2.17. The quantitative estimate of drug-likeness (QED) is 0.481. The van der Waals surface area contributed by atoms with E-state index in [2.05, 4.69) is 9.72 Å². The van der Waals surface area contributed by atoms with Crippen LogP contribution in [0.25, 0.3) is 0 Å². The number of hydrogen-bond acceptors (Lipinski definition) is 4. The summed E-state index contributed by atoms with van der Waals surface area (Å²) in [7, 11) is 0. The number of hydrogen-bond donors (Lipinski definition) is 0. The van der Waals surface area contributed by atoms with Crippen LogP contribution in [0, 0.1) is 17.0 Å². The predicted octanol–water partition coefficient (Wildman–Crippen LogP) is 3.13. The standard InChI is InChI=1S/C8H5F5N2O3/c1-3-4(18-8(11,12)13)2-14-7(15(16)17)5(3)6(9)10/h2,6H,1H3. The summed E-state index contributed by atoms with van der Waals surface area (Å²) in [4.78, 5) is 12.2. The first-order valence-corrected chi connectivity index (χ1v) is 4.31. The second-order valence-corrected chi connectivity index (χ2v) is 3.09. The van der Waals surface area contributed by atoms with Crippen molar-refractivity contribution in [2.45, 2.75) is 19.7 Å². The summed E-state index contributed by atoms with van der Waals surface area (Å²) in [6.45, 7) is 0.858. The molecule has 100 valence electrons. The van der Waals surface area contributed by atoms with Gasteiger partial charge in [0, 0.05) is 5.56 Å². The summed E-state index contributed by atoms with van der Waals surface area (Å²) in [6, 6.07) is 0. The normalized spacial score (nSPS) is 11.7. The Morgan fingerprint density at radius 3 is 2.39 bits per heavy atom. The molecule has 0 radical (unpaired) electrons. The first-order valence-electron chi connectivity index (χ1n) is 4.31. The van der Waals surface area contributed by atoms with E-state index >= 15 is 0 Å². The molecule has 0 amide bonds. The lowest BCUT2D eigenvalue weighted by Crippen LogP contribution is -2.18. The van der Waals surface area contributed by atoms with E-state index in [0.717, 1.165) is 6.92 Å². The second-order valence-electron chi connectivity index (χ2n) is 3.09. The zero-order chi connectivity index (χ0) is 14.1. The Bertz CT molecular complexity index is 475. The molecule has 1 rings (SSSR count). The van der Waals surface area contributed by atoms with Crippen molar-refractivity contribution in [2.24, 2.45) is 0 Å². The van der Waals surface area contributed by atoms with E-state index in [9.17, 15) is 32.1 Å². The molecule has 1 aromatic heterocycles. The molecule has 0 aromatic carbocycles. The highest BCUT2D eigenvalue weighted by atomic mass is 19.4. The lowest BCUT2D eigenvalue weighted by Gasteiger charge is -2.12. The Balaban J connectivity index is 3.35. The largest absolute Gasteiger partial charge is 0.573 e. The van der Waals surface area contributed by atoms with Gasteiger partial charge in [-0.15, -0.1) is 13.2 Å². The minimum absolute atomic E-state index is 0.382. The van der Waals surface area contributed by atoms with Gasteiger partial charge in [0.2, 0.25) is 0 Å². The Hall–Kier alpha value is -2.00. The maximum Gasteiger partial charge on any atom is 0.573 e. The smallest absolute Gasteiger partial charge is 0.401 e. The number of rotatable bonds is 3. The van der Waals surface area contributed by atoms with Crippen molar-refractivity contribution in [3.05, 3.63) is 27.4 Å². The maximum absolute atomic E-state index is 12.6. The summed E-state index contributed by atoms with van der Waals surface area (Å²) < 4.78 is 64.4. The van der Waals surface area contributed by atoms with Crippen LogP contribution in [0.3, 0.4) is 0 Å². The van der Waals surface area contributed by atoms with Gasteiger partial charge in [-0.3, -0.25) is 0 Å². The molecular weight excluding hydrogens is 267 g/mol. The first kappa shape index (κ1) is 14.1. The molecule has 0 fully saturated rings. The van der Waals surface area contributed by atoms with Crippen LogP contribution >= 0.6 is 0 Å². The van der Waals surface area contributed by atoms with Gasteiger partial charge in [-0.05, 0) is 16.8 Å². The molecule has 0 N–H and O–H groups in total. The molecule has 0 saturated carbocycles. The lowest BCUT2D eigenvalue weighted by atomic mass is 10.1. The molecule has 0 aliphatic rings. The molecule has 1 heterocycles. The van der Waals surface area contributed by atoms with Crippen molar-refractivity contribution in [1.29, 1.82) is 0 Å². The molecule has 0 atom stereocenters. The van der Waals surface area contributed by atoms with Gasteiger partial charge in [0.15, 0.2) is 11.9 Å². The Morgan fingerprint density at radius 1 is 1.44 bits per heavy atom. The van der Waals surface area contributed by atoms with Crippen molar-refractivity contribution in [3.63, 3.8) is 0 Å². The number of alkyl halides is 5. The molecule has 0 aliphatic carbocycles. The third-order valence-corrected chi connectivity index (χ3v) is 1.94. The Morgan fingerprint density at radius 2 is 2.00 bits per heavy atom.